The van der Waals surface area contributed by atoms with Crippen molar-refractivity contribution >= 4 is 11.7 Å². The molecule has 1 aromatic carbocycles. The van der Waals surface area contributed by atoms with Crippen LogP contribution in [0, 0.1) is 0 Å². The van der Waals surface area contributed by atoms with Gasteiger partial charge in [-0.3, -0.25) is 0 Å². The molecule has 0 atom stereocenters. The van der Waals surface area contributed by atoms with E-state index in [1.165, 1.54) is 6.42 Å². The van der Waals surface area contributed by atoms with Crippen LogP contribution in [0.3, 0.4) is 0 Å². The third-order valence-electron chi connectivity index (χ3n) is 3.47. The second-order valence-electron chi connectivity index (χ2n) is 4.92. The third-order valence-corrected chi connectivity index (χ3v) is 3.47. The molecule has 1 fully saturated rings. The van der Waals surface area contributed by atoms with E-state index >= 15 is 0 Å². The number of hydrogen-bond acceptors (Lipinski definition) is 2. The summed E-state index contributed by atoms with van der Waals surface area (Å²) >= 11 is 0. The predicted molar refractivity (Wildman–Crippen MR) is 78.3 cm³/mol. The average Bonchev–Trinajstić information content (AvgIpc) is 2.47. The lowest BCUT2D eigenvalue weighted by atomic mass is 10.1. The summed E-state index contributed by atoms with van der Waals surface area (Å²) in [6, 6.07) is 8.01. The van der Waals surface area contributed by atoms with E-state index in [2.05, 4.69) is 23.6 Å². The molecule has 0 aromatic heterocycles. The fourth-order valence-electron chi connectivity index (χ4n) is 2.35. The summed E-state index contributed by atoms with van der Waals surface area (Å²) < 4.78 is 0. The summed E-state index contributed by atoms with van der Waals surface area (Å²) in [5, 5.41) is 6.33. The van der Waals surface area contributed by atoms with E-state index in [-0.39, 0.29) is 6.03 Å². The average molecular weight is 261 g/mol. The topological polar surface area (TPSA) is 44.4 Å². The minimum atomic E-state index is 0.0312. The van der Waals surface area contributed by atoms with Crippen LogP contribution in [0.5, 0.6) is 0 Å². The van der Waals surface area contributed by atoms with Crippen molar-refractivity contribution in [3.63, 3.8) is 0 Å². The van der Waals surface area contributed by atoms with Gasteiger partial charge in [-0.2, -0.15) is 0 Å². The van der Waals surface area contributed by atoms with Gasteiger partial charge in [-0.1, -0.05) is 25.1 Å². The first-order chi connectivity index (χ1) is 9.31. The lowest BCUT2D eigenvalue weighted by Crippen LogP contribution is -2.38. The molecular formula is C15H23N3O. The van der Waals surface area contributed by atoms with Gasteiger partial charge in [0.05, 0.1) is 0 Å². The van der Waals surface area contributed by atoms with Crippen LogP contribution in [-0.2, 0) is 6.54 Å². The van der Waals surface area contributed by atoms with Gasteiger partial charge in [-0.15, -0.1) is 0 Å². The highest BCUT2D eigenvalue weighted by Gasteiger charge is 2.17. The second-order valence-corrected chi connectivity index (χ2v) is 4.92. The highest BCUT2D eigenvalue weighted by Crippen LogP contribution is 2.17. The van der Waals surface area contributed by atoms with Gasteiger partial charge in [0, 0.05) is 25.3 Å². The summed E-state index contributed by atoms with van der Waals surface area (Å²) in [6.07, 6.45) is 3.47. The zero-order chi connectivity index (χ0) is 13.5. The monoisotopic (exact) mass is 261 g/mol. The van der Waals surface area contributed by atoms with Gasteiger partial charge in [0.1, 0.15) is 0 Å². The van der Waals surface area contributed by atoms with Gasteiger partial charge in [0.25, 0.3) is 0 Å². The smallest absolute Gasteiger partial charge is 0.321 e. The summed E-state index contributed by atoms with van der Waals surface area (Å²) in [6.45, 7) is 5.54. The Labute approximate surface area is 115 Å². The van der Waals surface area contributed by atoms with Gasteiger partial charge in [0.2, 0.25) is 0 Å². The van der Waals surface area contributed by atoms with Crippen molar-refractivity contribution < 1.29 is 4.79 Å². The predicted octanol–water partition coefficient (Wildman–Crippen LogP) is 2.81. The number of piperidine rings is 1. The Balaban J connectivity index is 1.99. The van der Waals surface area contributed by atoms with Gasteiger partial charge >= 0.3 is 6.03 Å². The molecule has 0 radical (unpaired) electrons. The van der Waals surface area contributed by atoms with Gasteiger partial charge in [-0.25, -0.2) is 4.79 Å². The van der Waals surface area contributed by atoms with Crippen molar-refractivity contribution in [2.45, 2.75) is 32.7 Å². The second kappa shape index (κ2) is 7.14. The SMILES string of the molecule is CCNCc1ccccc1NC(=O)N1CCCCC1. The van der Waals surface area contributed by atoms with E-state index in [9.17, 15) is 4.79 Å². The number of urea groups is 1. The first kappa shape index (κ1) is 13.9. The molecule has 0 unspecified atom stereocenters. The zero-order valence-corrected chi connectivity index (χ0v) is 11.6. The molecule has 2 amide bonds. The first-order valence-electron chi connectivity index (χ1n) is 7.16. The number of likely N-dealkylation sites (tertiary alicyclic amines) is 1. The van der Waals surface area contributed by atoms with Crippen LogP contribution >= 0.6 is 0 Å². The standard InChI is InChI=1S/C15H23N3O/c1-2-16-12-13-8-4-5-9-14(13)17-15(19)18-10-6-3-7-11-18/h4-5,8-9,16H,2-3,6-7,10-12H2,1H3,(H,17,19). The molecule has 1 saturated heterocycles. The highest BCUT2D eigenvalue weighted by molar-refractivity contribution is 5.90. The number of carbonyl (C=O) groups is 1. The Bertz CT molecular complexity index is 414. The van der Waals surface area contributed by atoms with E-state index in [4.69, 9.17) is 0 Å². The quantitative estimate of drug-likeness (QED) is 0.875. The lowest BCUT2D eigenvalue weighted by molar-refractivity contribution is 0.200. The Morgan fingerprint density at radius 2 is 1.95 bits per heavy atom. The van der Waals surface area contributed by atoms with Crippen molar-refractivity contribution in [2.75, 3.05) is 25.0 Å². The van der Waals surface area contributed by atoms with E-state index in [0.29, 0.717) is 0 Å². The molecule has 0 spiro atoms. The number of anilines is 1. The van der Waals surface area contributed by atoms with E-state index in [1.807, 2.05) is 23.1 Å². The van der Waals surface area contributed by atoms with Crippen LogP contribution in [-0.4, -0.2) is 30.6 Å². The Morgan fingerprint density at radius 3 is 2.68 bits per heavy atom. The molecule has 1 aliphatic heterocycles. The molecule has 1 aromatic rings. The van der Waals surface area contributed by atoms with Crippen LogP contribution in [0.25, 0.3) is 0 Å². The minimum Gasteiger partial charge on any atom is -0.325 e. The molecule has 2 rings (SSSR count). The largest absolute Gasteiger partial charge is 0.325 e. The lowest BCUT2D eigenvalue weighted by Gasteiger charge is -2.27. The summed E-state index contributed by atoms with van der Waals surface area (Å²) in [5.41, 5.74) is 2.05. The molecule has 1 heterocycles. The highest BCUT2D eigenvalue weighted by atomic mass is 16.2. The number of nitrogens with one attached hydrogen (secondary N) is 2. The van der Waals surface area contributed by atoms with Crippen LogP contribution < -0.4 is 10.6 Å². The van der Waals surface area contributed by atoms with Gasteiger partial charge < -0.3 is 15.5 Å². The third kappa shape index (κ3) is 3.96. The maximum absolute atomic E-state index is 12.2. The zero-order valence-electron chi connectivity index (χ0n) is 11.6. The van der Waals surface area contributed by atoms with Gasteiger partial charge in [-0.05, 0) is 37.4 Å². The maximum Gasteiger partial charge on any atom is 0.321 e. The van der Waals surface area contributed by atoms with E-state index in [0.717, 1.165) is 50.3 Å². The normalized spacial score (nSPS) is 15.3. The van der Waals surface area contributed by atoms with Crippen molar-refractivity contribution in [3.05, 3.63) is 29.8 Å². The summed E-state index contributed by atoms with van der Waals surface area (Å²) in [5.74, 6) is 0. The summed E-state index contributed by atoms with van der Waals surface area (Å²) in [7, 11) is 0. The summed E-state index contributed by atoms with van der Waals surface area (Å²) in [4.78, 5) is 14.1. The maximum atomic E-state index is 12.2. The van der Waals surface area contributed by atoms with Crippen LogP contribution in [0.15, 0.2) is 24.3 Å². The number of benzene rings is 1. The molecule has 4 heteroatoms. The fourth-order valence-corrected chi connectivity index (χ4v) is 2.35. The molecule has 0 bridgehead atoms. The number of nitrogens with zero attached hydrogens (tertiary/aromatic N) is 1. The number of amides is 2. The number of hydrogen-bond donors (Lipinski definition) is 2. The number of para-hydroxylation sites is 1. The van der Waals surface area contributed by atoms with Gasteiger partial charge in [0.15, 0.2) is 0 Å². The van der Waals surface area contributed by atoms with Crippen LogP contribution in [0.1, 0.15) is 31.7 Å². The molecule has 0 aliphatic carbocycles. The molecule has 4 nitrogen and oxygen atoms in total. The van der Waals surface area contributed by atoms with E-state index in [1.54, 1.807) is 0 Å². The Kier molecular flexibility index (Phi) is 5.21. The molecule has 104 valence electrons. The van der Waals surface area contributed by atoms with Crippen molar-refractivity contribution in [2.24, 2.45) is 0 Å². The molecule has 1 aliphatic rings. The van der Waals surface area contributed by atoms with Crippen molar-refractivity contribution in [3.8, 4) is 0 Å². The molecule has 19 heavy (non-hydrogen) atoms. The number of rotatable bonds is 4. The molecule has 2 N–H and O–H groups in total. The van der Waals surface area contributed by atoms with E-state index < -0.39 is 0 Å². The Hall–Kier alpha value is -1.55. The van der Waals surface area contributed by atoms with Crippen LogP contribution in [0.4, 0.5) is 10.5 Å². The van der Waals surface area contributed by atoms with Crippen molar-refractivity contribution in [1.29, 1.82) is 0 Å². The van der Waals surface area contributed by atoms with Crippen molar-refractivity contribution in [1.82, 2.24) is 10.2 Å². The molecule has 0 saturated carbocycles. The number of carbonyl (C=O) groups excluding carboxylic acids is 1. The minimum absolute atomic E-state index is 0.0312. The van der Waals surface area contributed by atoms with Crippen LogP contribution in [0.2, 0.25) is 0 Å². The molecular weight excluding hydrogens is 238 g/mol. The Morgan fingerprint density at radius 1 is 1.21 bits per heavy atom. The fraction of sp³-hybridized carbons (Fsp3) is 0.533. The first-order valence-corrected chi connectivity index (χ1v) is 7.16.